The molecular weight excluding hydrogens is 258 g/mol. The molecule has 100 valence electrons. The Bertz CT molecular complexity index is 753. The fraction of sp³-hybridized carbons (Fsp3) is 0.0714. The van der Waals surface area contributed by atoms with Crippen LogP contribution in [0.4, 0.5) is 0 Å². The number of carboxylic acids is 1. The van der Waals surface area contributed by atoms with Crippen LogP contribution in [0.3, 0.4) is 0 Å². The van der Waals surface area contributed by atoms with Crippen molar-refractivity contribution in [1.82, 2.24) is 14.8 Å². The molecule has 0 aliphatic carbocycles. The third-order valence-corrected chi connectivity index (χ3v) is 2.87. The third-order valence-electron chi connectivity index (χ3n) is 2.87. The van der Waals surface area contributed by atoms with E-state index >= 15 is 0 Å². The number of nitrogens with zero attached hydrogens (tertiary/aromatic N) is 3. The predicted octanol–water partition coefficient (Wildman–Crippen LogP) is 2.01. The zero-order chi connectivity index (χ0) is 13.9. The molecule has 1 aromatic carbocycles. The van der Waals surface area contributed by atoms with E-state index in [2.05, 4.69) is 10.3 Å². The maximum Gasteiger partial charge on any atom is 0.358 e. The first kappa shape index (κ1) is 12.2. The molecule has 0 amide bonds. The van der Waals surface area contributed by atoms with Gasteiger partial charge in [-0.1, -0.05) is 35.5 Å². The predicted molar refractivity (Wildman–Crippen MR) is 70.7 cm³/mol. The van der Waals surface area contributed by atoms with Crippen molar-refractivity contribution in [2.45, 2.75) is 6.61 Å². The minimum Gasteiger partial charge on any atom is -0.486 e. The van der Waals surface area contributed by atoms with E-state index in [9.17, 15) is 9.90 Å². The number of hydrogen-bond acceptors (Lipinski definition) is 4. The Morgan fingerprint density at radius 1 is 1.20 bits per heavy atom. The van der Waals surface area contributed by atoms with E-state index in [1.165, 1.54) is 10.7 Å². The molecule has 20 heavy (non-hydrogen) atoms. The molecule has 0 bridgehead atoms. The summed E-state index contributed by atoms with van der Waals surface area (Å²) >= 11 is 0. The molecule has 0 saturated heterocycles. The lowest BCUT2D eigenvalue weighted by atomic mass is 10.2. The Balaban J connectivity index is 1.94. The standard InChI is InChI=1S/C14H11N3O3/c18-14(19)13-12(7-6-11-8-15-16-17(11)13)20-9-10-4-2-1-3-5-10/h1-8H,9H2,(H,18,19). The number of fused-ring (bicyclic) bond motifs is 1. The molecule has 6 nitrogen and oxygen atoms in total. The van der Waals surface area contributed by atoms with Crippen LogP contribution >= 0.6 is 0 Å². The number of aromatic nitrogens is 3. The Morgan fingerprint density at radius 3 is 2.75 bits per heavy atom. The van der Waals surface area contributed by atoms with Crippen LogP contribution in [0.15, 0.2) is 48.7 Å². The number of aromatic carboxylic acids is 1. The average Bonchev–Trinajstić information content (AvgIpc) is 2.93. The molecule has 0 aliphatic rings. The lowest BCUT2D eigenvalue weighted by Gasteiger charge is -2.10. The highest BCUT2D eigenvalue weighted by molar-refractivity contribution is 5.89. The van der Waals surface area contributed by atoms with E-state index in [1.807, 2.05) is 30.3 Å². The molecule has 2 aromatic heterocycles. The summed E-state index contributed by atoms with van der Waals surface area (Å²) in [5.74, 6) is -0.844. The van der Waals surface area contributed by atoms with Crippen LogP contribution < -0.4 is 4.74 Å². The summed E-state index contributed by atoms with van der Waals surface area (Å²) in [7, 11) is 0. The van der Waals surface area contributed by atoms with Gasteiger partial charge in [0.25, 0.3) is 0 Å². The van der Waals surface area contributed by atoms with E-state index in [0.29, 0.717) is 12.1 Å². The van der Waals surface area contributed by atoms with Gasteiger partial charge < -0.3 is 9.84 Å². The van der Waals surface area contributed by atoms with Gasteiger partial charge in [-0.15, -0.1) is 5.10 Å². The summed E-state index contributed by atoms with van der Waals surface area (Å²) in [6, 6.07) is 12.9. The molecule has 1 N–H and O–H groups in total. The topological polar surface area (TPSA) is 76.7 Å². The van der Waals surface area contributed by atoms with Crippen molar-refractivity contribution in [3.8, 4) is 5.75 Å². The van der Waals surface area contributed by atoms with Gasteiger partial charge in [-0.05, 0) is 17.7 Å². The minimum atomic E-state index is -1.11. The van der Waals surface area contributed by atoms with Crippen LogP contribution in [0.5, 0.6) is 5.75 Å². The van der Waals surface area contributed by atoms with Crippen LogP contribution in [0.2, 0.25) is 0 Å². The van der Waals surface area contributed by atoms with Gasteiger partial charge in [0.15, 0.2) is 11.4 Å². The number of benzene rings is 1. The number of hydrogen-bond donors (Lipinski definition) is 1. The Morgan fingerprint density at radius 2 is 2.00 bits per heavy atom. The van der Waals surface area contributed by atoms with Crippen molar-refractivity contribution in [3.05, 3.63) is 59.9 Å². The Labute approximate surface area is 114 Å². The largest absolute Gasteiger partial charge is 0.486 e. The molecule has 0 radical (unpaired) electrons. The molecular formula is C14H11N3O3. The van der Waals surface area contributed by atoms with Crippen LogP contribution in [0.1, 0.15) is 16.1 Å². The minimum absolute atomic E-state index is 0.0315. The third kappa shape index (κ3) is 2.18. The van der Waals surface area contributed by atoms with E-state index in [4.69, 9.17) is 4.74 Å². The van der Waals surface area contributed by atoms with Gasteiger partial charge in [0.05, 0.1) is 11.7 Å². The SMILES string of the molecule is O=C(O)c1c(OCc2ccccc2)ccc2cnnn12. The molecule has 0 spiro atoms. The zero-order valence-electron chi connectivity index (χ0n) is 10.4. The van der Waals surface area contributed by atoms with Crippen LogP contribution in [-0.2, 0) is 6.61 Å². The molecule has 3 rings (SSSR count). The fourth-order valence-corrected chi connectivity index (χ4v) is 1.92. The second kappa shape index (κ2) is 5.00. The van der Waals surface area contributed by atoms with Gasteiger partial charge in [-0.2, -0.15) is 0 Å². The van der Waals surface area contributed by atoms with Crippen molar-refractivity contribution < 1.29 is 14.6 Å². The summed E-state index contributed by atoms with van der Waals surface area (Å²) < 4.78 is 6.85. The van der Waals surface area contributed by atoms with Crippen molar-refractivity contribution in [1.29, 1.82) is 0 Å². The second-order valence-electron chi connectivity index (χ2n) is 4.20. The van der Waals surface area contributed by atoms with Crippen LogP contribution in [-0.4, -0.2) is 25.9 Å². The smallest absolute Gasteiger partial charge is 0.358 e. The zero-order valence-corrected chi connectivity index (χ0v) is 10.4. The van der Waals surface area contributed by atoms with E-state index in [1.54, 1.807) is 12.1 Å². The van der Waals surface area contributed by atoms with Crippen molar-refractivity contribution in [3.63, 3.8) is 0 Å². The van der Waals surface area contributed by atoms with Crippen molar-refractivity contribution in [2.24, 2.45) is 0 Å². The molecule has 0 saturated carbocycles. The summed E-state index contributed by atoms with van der Waals surface area (Å²) in [5.41, 5.74) is 1.54. The van der Waals surface area contributed by atoms with E-state index < -0.39 is 5.97 Å². The highest BCUT2D eigenvalue weighted by atomic mass is 16.5. The molecule has 0 unspecified atom stereocenters. The molecule has 2 heterocycles. The van der Waals surface area contributed by atoms with Gasteiger partial charge in [-0.3, -0.25) is 0 Å². The highest BCUT2D eigenvalue weighted by Crippen LogP contribution is 2.21. The van der Waals surface area contributed by atoms with Crippen molar-refractivity contribution in [2.75, 3.05) is 0 Å². The summed E-state index contributed by atoms with van der Waals surface area (Å²) in [4.78, 5) is 11.4. The number of ether oxygens (including phenoxy) is 1. The van der Waals surface area contributed by atoms with Gasteiger partial charge in [0.2, 0.25) is 0 Å². The molecule has 3 aromatic rings. The maximum absolute atomic E-state index is 11.4. The Kier molecular flexibility index (Phi) is 3.04. The summed E-state index contributed by atoms with van der Waals surface area (Å²) in [6.07, 6.45) is 1.49. The molecule has 6 heteroatoms. The average molecular weight is 269 g/mol. The first-order valence-corrected chi connectivity index (χ1v) is 5.99. The second-order valence-corrected chi connectivity index (χ2v) is 4.20. The maximum atomic E-state index is 11.4. The number of rotatable bonds is 4. The quantitative estimate of drug-likeness (QED) is 0.784. The molecule has 0 fully saturated rings. The number of pyridine rings is 1. The molecule has 0 atom stereocenters. The van der Waals surface area contributed by atoms with E-state index in [-0.39, 0.29) is 11.4 Å². The summed E-state index contributed by atoms with van der Waals surface area (Å²) in [6.45, 7) is 0.293. The van der Waals surface area contributed by atoms with Crippen molar-refractivity contribution >= 4 is 11.5 Å². The fourth-order valence-electron chi connectivity index (χ4n) is 1.92. The first-order chi connectivity index (χ1) is 9.75. The number of carboxylic acid groups (broad SMARTS) is 1. The first-order valence-electron chi connectivity index (χ1n) is 5.99. The van der Waals surface area contributed by atoms with Gasteiger partial charge >= 0.3 is 5.97 Å². The van der Waals surface area contributed by atoms with Crippen LogP contribution in [0, 0.1) is 0 Å². The Hall–Kier alpha value is -2.89. The van der Waals surface area contributed by atoms with E-state index in [0.717, 1.165) is 5.56 Å². The summed E-state index contributed by atoms with van der Waals surface area (Å²) in [5, 5.41) is 16.8. The van der Waals surface area contributed by atoms with Crippen LogP contribution in [0.25, 0.3) is 5.52 Å². The lowest BCUT2D eigenvalue weighted by molar-refractivity contribution is 0.0681. The van der Waals surface area contributed by atoms with Gasteiger partial charge in [0, 0.05) is 0 Å². The lowest BCUT2D eigenvalue weighted by Crippen LogP contribution is -2.10. The monoisotopic (exact) mass is 269 g/mol. The highest BCUT2D eigenvalue weighted by Gasteiger charge is 2.17. The van der Waals surface area contributed by atoms with Gasteiger partial charge in [0.1, 0.15) is 6.61 Å². The molecule has 0 aliphatic heterocycles. The van der Waals surface area contributed by atoms with Gasteiger partial charge in [-0.25, -0.2) is 9.31 Å². The number of carbonyl (C=O) groups is 1. The normalized spacial score (nSPS) is 10.6.